The second kappa shape index (κ2) is 7.17. The Labute approximate surface area is 148 Å². The number of aromatic nitrogens is 2. The van der Waals surface area contributed by atoms with Crippen molar-refractivity contribution in [2.24, 2.45) is 0 Å². The lowest BCUT2D eigenvalue weighted by Crippen LogP contribution is -2.38. The third-order valence-corrected chi connectivity index (χ3v) is 4.64. The van der Waals surface area contributed by atoms with Gasteiger partial charge in [0.1, 0.15) is 12.4 Å². The van der Waals surface area contributed by atoms with E-state index in [0.29, 0.717) is 31.3 Å². The average Bonchev–Trinajstić information content (AvgIpc) is 3.08. The van der Waals surface area contributed by atoms with Gasteiger partial charge in [0, 0.05) is 31.4 Å². The van der Waals surface area contributed by atoms with Gasteiger partial charge >= 0.3 is 0 Å². The predicted molar refractivity (Wildman–Crippen MR) is 95.0 cm³/mol. The van der Waals surface area contributed by atoms with Crippen LogP contribution in [0.25, 0.3) is 0 Å². The summed E-state index contributed by atoms with van der Waals surface area (Å²) in [6, 6.07) is 3.99. The Balaban J connectivity index is 1.75. The Morgan fingerprint density at radius 3 is 2.52 bits per heavy atom. The van der Waals surface area contributed by atoms with E-state index in [1.807, 2.05) is 27.8 Å². The minimum atomic E-state index is 0.111. The Bertz CT molecular complexity index is 767. The van der Waals surface area contributed by atoms with Crippen molar-refractivity contribution < 1.29 is 14.3 Å². The molecule has 1 aliphatic heterocycles. The van der Waals surface area contributed by atoms with Gasteiger partial charge in [-0.25, -0.2) is 4.98 Å². The summed E-state index contributed by atoms with van der Waals surface area (Å²) in [6.07, 6.45) is 4.45. The zero-order valence-electron chi connectivity index (χ0n) is 15.3. The second-order valence-electron chi connectivity index (χ2n) is 6.61. The maximum atomic E-state index is 12.7. The van der Waals surface area contributed by atoms with E-state index in [2.05, 4.69) is 18.8 Å². The highest BCUT2D eigenvalue weighted by atomic mass is 16.5. The van der Waals surface area contributed by atoms with Crippen LogP contribution in [0.1, 0.15) is 36.7 Å². The van der Waals surface area contributed by atoms with Gasteiger partial charge in [-0.2, -0.15) is 0 Å². The minimum absolute atomic E-state index is 0.111. The minimum Gasteiger partial charge on any atom is -0.493 e. The molecule has 0 bridgehead atoms. The van der Waals surface area contributed by atoms with E-state index in [1.54, 1.807) is 20.4 Å². The summed E-state index contributed by atoms with van der Waals surface area (Å²) in [7, 11) is 3.27. The highest BCUT2D eigenvalue weighted by molar-refractivity contribution is 5.76. The van der Waals surface area contributed by atoms with Crippen LogP contribution < -0.4 is 9.47 Å². The third kappa shape index (κ3) is 3.48. The molecule has 0 aliphatic carbocycles. The van der Waals surface area contributed by atoms with Gasteiger partial charge in [0.2, 0.25) is 5.91 Å². The Kier molecular flexibility index (Phi) is 4.97. The summed E-state index contributed by atoms with van der Waals surface area (Å²) in [5, 5.41) is 0. The fourth-order valence-corrected chi connectivity index (χ4v) is 3.30. The van der Waals surface area contributed by atoms with Crippen LogP contribution in [0.2, 0.25) is 0 Å². The summed E-state index contributed by atoms with van der Waals surface area (Å²) < 4.78 is 12.7. The maximum Gasteiger partial charge on any atom is 0.242 e. The van der Waals surface area contributed by atoms with Crippen LogP contribution in [0.3, 0.4) is 0 Å². The molecule has 0 spiro atoms. The topological polar surface area (TPSA) is 56.6 Å². The number of methoxy groups -OCH3 is 2. The molecule has 25 heavy (non-hydrogen) atoms. The SMILES string of the molecule is COc1cc2c(cc1OC)CN(C(=O)Cn1ccnc1C(C)C)CC2. The molecule has 0 unspecified atom stereocenters. The van der Waals surface area contributed by atoms with Crippen LogP contribution in [-0.2, 0) is 24.3 Å². The number of rotatable bonds is 5. The van der Waals surface area contributed by atoms with Crippen molar-refractivity contribution in [3.63, 3.8) is 0 Å². The zero-order valence-corrected chi connectivity index (χ0v) is 15.3. The lowest BCUT2D eigenvalue weighted by atomic mass is 9.98. The van der Waals surface area contributed by atoms with Crippen molar-refractivity contribution in [2.45, 2.75) is 39.3 Å². The molecule has 0 radical (unpaired) electrons. The number of nitrogens with zero attached hydrogens (tertiary/aromatic N) is 3. The van der Waals surface area contributed by atoms with E-state index in [-0.39, 0.29) is 5.91 Å². The van der Waals surface area contributed by atoms with Crippen molar-refractivity contribution in [2.75, 3.05) is 20.8 Å². The van der Waals surface area contributed by atoms with Gasteiger partial charge in [0.15, 0.2) is 11.5 Å². The van der Waals surface area contributed by atoms with Crippen LogP contribution >= 0.6 is 0 Å². The zero-order chi connectivity index (χ0) is 18.0. The molecule has 6 nitrogen and oxygen atoms in total. The Hall–Kier alpha value is -2.50. The van der Waals surface area contributed by atoms with E-state index in [4.69, 9.17) is 9.47 Å². The predicted octanol–water partition coefficient (Wildman–Crippen LogP) is 2.61. The fraction of sp³-hybridized carbons (Fsp3) is 0.474. The standard InChI is InChI=1S/C19H25N3O3/c1-13(2)19-20-6-8-22(19)12-18(23)21-7-5-14-9-16(24-3)17(25-4)10-15(14)11-21/h6,8-10,13H,5,7,11-12H2,1-4H3. The molecule has 0 N–H and O–H groups in total. The van der Waals surface area contributed by atoms with E-state index in [9.17, 15) is 4.79 Å². The van der Waals surface area contributed by atoms with Gasteiger partial charge in [0.25, 0.3) is 0 Å². The number of carbonyl (C=O) groups is 1. The molecule has 0 saturated heterocycles. The van der Waals surface area contributed by atoms with Crippen molar-refractivity contribution in [3.05, 3.63) is 41.5 Å². The molecule has 1 aromatic heterocycles. The first-order chi connectivity index (χ1) is 12.0. The van der Waals surface area contributed by atoms with Crippen molar-refractivity contribution in [3.8, 4) is 11.5 Å². The first-order valence-electron chi connectivity index (χ1n) is 8.56. The lowest BCUT2D eigenvalue weighted by molar-refractivity contribution is -0.132. The maximum absolute atomic E-state index is 12.7. The number of imidazole rings is 1. The third-order valence-electron chi connectivity index (χ3n) is 4.64. The van der Waals surface area contributed by atoms with Gasteiger partial charge in [-0.05, 0) is 29.7 Å². The summed E-state index contributed by atoms with van der Waals surface area (Å²) in [5.74, 6) is 2.78. The highest BCUT2D eigenvalue weighted by Gasteiger charge is 2.23. The fourth-order valence-electron chi connectivity index (χ4n) is 3.30. The lowest BCUT2D eigenvalue weighted by Gasteiger charge is -2.30. The summed E-state index contributed by atoms with van der Waals surface area (Å²) in [4.78, 5) is 19.0. The molecule has 0 fully saturated rings. The smallest absolute Gasteiger partial charge is 0.242 e. The molecule has 0 atom stereocenters. The van der Waals surface area contributed by atoms with Crippen molar-refractivity contribution in [1.82, 2.24) is 14.5 Å². The van der Waals surface area contributed by atoms with Crippen LogP contribution in [0, 0.1) is 0 Å². The number of hydrogen-bond acceptors (Lipinski definition) is 4. The number of benzene rings is 1. The van der Waals surface area contributed by atoms with Crippen LogP contribution in [0.15, 0.2) is 24.5 Å². The van der Waals surface area contributed by atoms with E-state index < -0.39 is 0 Å². The molecule has 1 amide bonds. The van der Waals surface area contributed by atoms with Gasteiger partial charge in [-0.3, -0.25) is 4.79 Å². The Morgan fingerprint density at radius 1 is 1.20 bits per heavy atom. The van der Waals surface area contributed by atoms with Gasteiger partial charge in [0.05, 0.1) is 14.2 Å². The van der Waals surface area contributed by atoms with Crippen LogP contribution in [0.4, 0.5) is 0 Å². The van der Waals surface area contributed by atoms with E-state index in [0.717, 1.165) is 23.6 Å². The van der Waals surface area contributed by atoms with Gasteiger partial charge in [-0.1, -0.05) is 13.8 Å². The van der Waals surface area contributed by atoms with Gasteiger partial charge in [-0.15, -0.1) is 0 Å². The molecule has 1 aliphatic rings. The number of fused-ring (bicyclic) bond motifs is 1. The molecule has 2 heterocycles. The quantitative estimate of drug-likeness (QED) is 0.837. The largest absolute Gasteiger partial charge is 0.493 e. The number of amides is 1. The molecule has 134 valence electrons. The van der Waals surface area contributed by atoms with E-state index in [1.165, 1.54) is 5.56 Å². The summed E-state index contributed by atoms with van der Waals surface area (Å²) >= 11 is 0. The molecule has 3 rings (SSSR count). The van der Waals surface area contributed by atoms with E-state index >= 15 is 0 Å². The molecule has 6 heteroatoms. The normalized spacial score (nSPS) is 13.7. The highest BCUT2D eigenvalue weighted by Crippen LogP contribution is 2.33. The van der Waals surface area contributed by atoms with Crippen molar-refractivity contribution in [1.29, 1.82) is 0 Å². The number of hydrogen-bond donors (Lipinski definition) is 0. The summed E-state index contributed by atoms with van der Waals surface area (Å²) in [5.41, 5.74) is 2.33. The van der Waals surface area contributed by atoms with Crippen LogP contribution in [-0.4, -0.2) is 41.1 Å². The van der Waals surface area contributed by atoms with Crippen molar-refractivity contribution >= 4 is 5.91 Å². The monoisotopic (exact) mass is 343 g/mol. The number of carbonyl (C=O) groups excluding carboxylic acids is 1. The molecular weight excluding hydrogens is 318 g/mol. The first kappa shape index (κ1) is 17.3. The molecule has 1 aromatic carbocycles. The first-order valence-corrected chi connectivity index (χ1v) is 8.56. The molecule has 0 saturated carbocycles. The van der Waals surface area contributed by atoms with Gasteiger partial charge < -0.3 is 18.9 Å². The average molecular weight is 343 g/mol. The molecular formula is C19H25N3O3. The second-order valence-corrected chi connectivity index (χ2v) is 6.61. The summed E-state index contributed by atoms with van der Waals surface area (Å²) in [6.45, 7) is 5.81. The Morgan fingerprint density at radius 2 is 1.88 bits per heavy atom. The molecule has 2 aromatic rings. The van der Waals surface area contributed by atoms with Crippen LogP contribution in [0.5, 0.6) is 11.5 Å². The number of ether oxygens (including phenoxy) is 2.